The maximum absolute atomic E-state index is 12.5. The van der Waals surface area contributed by atoms with Crippen LogP contribution in [0.1, 0.15) is 70.3 Å². The molecule has 1 atom stereocenters. The molecule has 13 heteroatoms. The molecule has 1 unspecified atom stereocenters. The molecular weight excluding hydrogens is 548 g/mol. The summed E-state index contributed by atoms with van der Waals surface area (Å²) in [5.41, 5.74) is 3.86. The minimum atomic E-state index is -0.539. The number of nitrogens with two attached hydrogens (primary N) is 1. The molecule has 13 nitrogen and oxygen atoms in total. The average molecular weight is 585 g/mol. The Morgan fingerprint density at radius 3 is 2.60 bits per heavy atom. The van der Waals surface area contributed by atoms with Gasteiger partial charge in [-0.3, -0.25) is 14.7 Å². The van der Waals surface area contributed by atoms with Crippen molar-refractivity contribution in [1.82, 2.24) is 29.3 Å². The third-order valence-corrected chi connectivity index (χ3v) is 7.38. The fraction of sp³-hybridized carbons (Fsp3) is 0.433. The molecule has 2 N–H and O–H groups in total. The molecule has 1 saturated heterocycles. The zero-order valence-electron chi connectivity index (χ0n) is 25.3. The number of pyridine rings is 2. The highest BCUT2D eigenvalue weighted by molar-refractivity contribution is 6.47. The highest BCUT2D eigenvalue weighted by Gasteiger charge is 2.27. The van der Waals surface area contributed by atoms with E-state index >= 15 is 0 Å². The number of hydrogen-bond acceptors (Lipinski definition) is 10. The molecule has 1 fully saturated rings. The smallest absolute Gasteiger partial charge is 0.410 e. The molecule has 43 heavy (non-hydrogen) atoms. The Labute approximate surface area is 249 Å². The average Bonchev–Trinajstić information content (AvgIpc) is 3.56. The molecule has 4 aromatic rings. The van der Waals surface area contributed by atoms with E-state index in [1.54, 1.807) is 45.0 Å². The lowest BCUT2D eigenvalue weighted by Gasteiger charge is -2.32. The van der Waals surface area contributed by atoms with E-state index in [9.17, 15) is 10.1 Å². The van der Waals surface area contributed by atoms with Crippen LogP contribution < -0.4 is 10.6 Å². The maximum atomic E-state index is 12.5. The van der Waals surface area contributed by atoms with E-state index < -0.39 is 11.7 Å². The Morgan fingerprint density at radius 1 is 1.19 bits per heavy atom. The van der Waals surface area contributed by atoms with Crippen LogP contribution in [0.25, 0.3) is 16.4 Å². The number of carbonyl (C=O) groups excluding carboxylic acids is 1. The van der Waals surface area contributed by atoms with E-state index in [1.807, 2.05) is 41.7 Å². The van der Waals surface area contributed by atoms with Gasteiger partial charge >= 0.3 is 6.09 Å². The lowest BCUT2D eigenvalue weighted by atomic mass is 10.0. The number of nitrogens with zero attached hydrogens (tertiary/aromatic N) is 9. The quantitative estimate of drug-likeness (QED) is 0.201. The lowest BCUT2D eigenvalue weighted by Crippen LogP contribution is -2.42. The van der Waals surface area contributed by atoms with Crippen LogP contribution in [0.5, 0.6) is 5.75 Å². The largest absolute Gasteiger partial charge is 0.484 e. The predicted molar refractivity (Wildman–Crippen MR) is 162 cm³/mol. The number of nitriles is 1. The second-order valence-corrected chi connectivity index (χ2v) is 11.6. The Bertz CT molecular complexity index is 1760. The molecule has 5 rings (SSSR count). The molecule has 0 radical (unpaired) electrons. The zero-order valence-corrected chi connectivity index (χ0v) is 25.3. The third kappa shape index (κ3) is 6.13. The van der Waals surface area contributed by atoms with Gasteiger partial charge in [0.05, 0.1) is 35.9 Å². The van der Waals surface area contributed by atoms with Gasteiger partial charge in [0, 0.05) is 49.0 Å². The van der Waals surface area contributed by atoms with Crippen molar-refractivity contribution in [1.29, 1.82) is 5.26 Å². The predicted octanol–water partition coefficient (Wildman–Crippen LogP) is 4.15. The van der Waals surface area contributed by atoms with Crippen molar-refractivity contribution in [2.75, 3.05) is 13.1 Å². The number of piperidine rings is 1. The monoisotopic (exact) mass is 584 g/mol. The van der Waals surface area contributed by atoms with Gasteiger partial charge in [0.2, 0.25) is 0 Å². The number of hydrazone groups is 1. The molecule has 5 heterocycles. The van der Waals surface area contributed by atoms with Crippen LogP contribution in [-0.2, 0) is 11.8 Å². The summed E-state index contributed by atoms with van der Waals surface area (Å²) in [6, 6.07) is 4.00. The highest BCUT2D eigenvalue weighted by atomic mass is 16.6. The molecule has 0 bridgehead atoms. The molecule has 4 aromatic heterocycles. The van der Waals surface area contributed by atoms with Crippen LogP contribution >= 0.6 is 0 Å². The number of amides is 1. The summed E-state index contributed by atoms with van der Waals surface area (Å²) in [5.74, 6) is 6.36. The van der Waals surface area contributed by atoms with Crippen LogP contribution in [0.2, 0.25) is 0 Å². The fourth-order valence-corrected chi connectivity index (χ4v) is 5.26. The highest BCUT2D eigenvalue weighted by Crippen LogP contribution is 2.32. The Hall–Kier alpha value is -4.99. The van der Waals surface area contributed by atoms with Crippen LogP contribution in [-0.4, -0.2) is 71.5 Å². The number of hydrogen-bond donors (Lipinski definition) is 1. The summed E-state index contributed by atoms with van der Waals surface area (Å²) >= 11 is 0. The molecule has 0 aliphatic carbocycles. The van der Waals surface area contributed by atoms with E-state index in [2.05, 4.69) is 26.4 Å². The zero-order chi connectivity index (χ0) is 30.9. The van der Waals surface area contributed by atoms with Gasteiger partial charge in [0.25, 0.3) is 0 Å². The number of ether oxygens (including phenoxy) is 2. The Kier molecular flexibility index (Phi) is 8.04. The van der Waals surface area contributed by atoms with Crippen molar-refractivity contribution < 1.29 is 14.3 Å². The lowest BCUT2D eigenvalue weighted by molar-refractivity contribution is 0.0207. The van der Waals surface area contributed by atoms with Crippen molar-refractivity contribution in [3.63, 3.8) is 0 Å². The number of aryl methyl sites for hydroxylation is 1. The first-order valence-corrected chi connectivity index (χ1v) is 14.1. The van der Waals surface area contributed by atoms with Crippen LogP contribution in [0, 0.1) is 11.3 Å². The van der Waals surface area contributed by atoms with Crippen molar-refractivity contribution in [2.45, 2.75) is 65.2 Å². The Morgan fingerprint density at radius 2 is 1.93 bits per heavy atom. The van der Waals surface area contributed by atoms with E-state index in [-0.39, 0.29) is 12.1 Å². The molecule has 1 amide bonds. The maximum Gasteiger partial charge on any atom is 0.410 e. The second-order valence-electron chi connectivity index (χ2n) is 11.6. The first-order valence-electron chi connectivity index (χ1n) is 14.1. The van der Waals surface area contributed by atoms with Crippen LogP contribution in [0.3, 0.4) is 0 Å². The van der Waals surface area contributed by atoms with Gasteiger partial charge in [-0.05, 0) is 53.5 Å². The summed E-state index contributed by atoms with van der Waals surface area (Å²) in [5, 5.41) is 23.5. The molecular formula is C30H36N10O3. The standard InChI is InChI=1S/C30H36N10O3/c1-18(36-22-7-9-39(10-8-22)29(41)43-30(3,4)5)27(37-32)20-11-26(28-21(12-31)13-35-40(28)17-20)42-19(2)23-14-33-16-25-24(23)15-34-38(25)6/h11,13-17,19,22H,7-10,32H2,1-6H3/b36-18?,37-27+. The van der Waals surface area contributed by atoms with Crippen molar-refractivity contribution in [2.24, 2.45) is 23.0 Å². The van der Waals surface area contributed by atoms with E-state index in [1.165, 1.54) is 6.20 Å². The SMILES string of the molecule is CC(=NC1CCN(C(=O)OC(C)(C)C)CC1)/C(=N\N)c1cc(OC(C)c2cncc3c2cnn3C)c2c(C#N)cnn2c1. The molecule has 1 aliphatic rings. The third-order valence-electron chi connectivity index (χ3n) is 7.38. The normalized spacial score (nSPS) is 16.0. The van der Waals surface area contributed by atoms with Gasteiger partial charge in [0.1, 0.15) is 40.3 Å². The summed E-state index contributed by atoms with van der Waals surface area (Å²) in [4.78, 5) is 23.5. The van der Waals surface area contributed by atoms with Gasteiger partial charge in [-0.1, -0.05) is 0 Å². The number of fused-ring (bicyclic) bond motifs is 2. The summed E-state index contributed by atoms with van der Waals surface area (Å²) in [6.45, 7) is 10.5. The molecule has 0 spiro atoms. The van der Waals surface area contributed by atoms with E-state index in [0.29, 0.717) is 59.7 Å². The van der Waals surface area contributed by atoms with Gasteiger partial charge in [-0.25, -0.2) is 9.31 Å². The fourth-order valence-electron chi connectivity index (χ4n) is 5.26. The summed E-state index contributed by atoms with van der Waals surface area (Å²) < 4.78 is 15.4. The number of aliphatic imine (C=N–C) groups is 1. The molecule has 224 valence electrons. The minimum absolute atomic E-state index is 0.00252. The van der Waals surface area contributed by atoms with Crippen molar-refractivity contribution in [3.05, 3.63) is 53.7 Å². The minimum Gasteiger partial charge on any atom is -0.484 e. The number of rotatable bonds is 6. The topological polar surface area (TPSA) is 161 Å². The summed E-state index contributed by atoms with van der Waals surface area (Å²) in [6.07, 6.45) is 9.21. The van der Waals surface area contributed by atoms with Crippen molar-refractivity contribution >= 4 is 33.9 Å². The first kappa shape index (κ1) is 29.5. The van der Waals surface area contributed by atoms with E-state index in [4.69, 9.17) is 20.3 Å². The Balaban J connectivity index is 1.41. The number of likely N-dealkylation sites (tertiary alicyclic amines) is 1. The van der Waals surface area contributed by atoms with Gasteiger partial charge in [-0.15, -0.1) is 0 Å². The van der Waals surface area contributed by atoms with Crippen molar-refractivity contribution in [3.8, 4) is 11.8 Å². The first-order chi connectivity index (χ1) is 20.5. The number of carbonyl (C=O) groups is 1. The summed E-state index contributed by atoms with van der Waals surface area (Å²) in [7, 11) is 1.86. The number of aromatic nitrogens is 5. The molecule has 1 aliphatic heterocycles. The molecule has 0 aromatic carbocycles. The van der Waals surface area contributed by atoms with Gasteiger partial charge in [-0.2, -0.15) is 20.6 Å². The van der Waals surface area contributed by atoms with Gasteiger partial charge < -0.3 is 20.2 Å². The molecule has 0 saturated carbocycles. The van der Waals surface area contributed by atoms with Gasteiger partial charge in [0.15, 0.2) is 0 Å². The van der Waals surface area contributed by atoms with Crippen LogP contribution in [0.4, 0.5) is 4.79 Å². The second kappa shape index (κ2) is 11.7. The van der Waals surface area contributed by atoms with E-state index in [0.717, 1.165) is 16.5 Å². The van der Waals surface area contributed by atoms with Crippen LogP contribution in [0.15, 0.2) is 47.1 Å².